The Morgan fingerprint density at radius 2 is 1.03 bits per heavy atom. The number of aliphatic hydroxyl groups is 17. The van der Waals surface area contributed by atoms with Gasteiger partial charge in [0.15, 0.2) is 25.2 Å². The average Bonchev–Trinajstić information content (AvgIpc) is 0.678. The Morgan fingerprint density at radius 1 is 0.511 bits per heavy atom. The van der Waals surface area contributed by atoms with Crippen molar-refractivity contribution in [3.63, 3.8) is 0 Å². The van der Waals surface area contributed by atoms with Crippen molar-refractivity contribution in [1.82, 2.24) is 0 Å². The maximum absolute atomic E-state index is 15.3. The summed E-state index contributed by atoms with van der Waals surface area (Å²) < 4.78 is 59.4. The SMILES string of the molecule is C[C@@H]1O[C@@H](O[C@H]2[C@H](O)[C@@H](O)[C@H](OC[C@H]3O[C@@H](OC(=O)[C@]45CCC(C)(C)C[C@H]4C4=CC[C@@H]6[C@@]7(C)CC[C@H](O[C@@H]8O[C@H](CO)[C@@H](O)[C@H](O)[C@H]8O[C@@H]8O[C@H](CO)[C@@H](O)[C@H](O)[C@H]8O)[C@@](C)(CO)[C@@H]7CC[C@@]6(C)[C@]4(C)CC5)[C@H](O)[C@@H](O)[C@@H]3O)O[C@@H]2CO)[C@H](O)[C@H](O)[C@H]1O. The van der Waals surface area contributed by atoms with Crippen LogP contribution in [0.15, 0.2) is 11.6 Å². The van der Waals surface area contributed by atoms with Gasteiger partial charge in [-0.1, -0.05) is 53.2 Å². The number of allylic oxidation sites excluding steroid dienone is 2. The number of fused-ring (bicyclic) bond motifs is 7. The molecule has 4 saturated carbocycles. The molecule has 5 heterocycles. The van der Waals surface area contributed by atoms with Crippen LogP contribution in [-0.4, -0.2) is 285 Å². The van der Waals surface area contributed by atoms with E-state index in [0.29, 0.717) is 57.8 Å². The van der Waals surface area contributed by atoms with Crippen molar-refractivity contribution in [3.05, 3.63) is 11.6 Å². The zero-order valence-corrected chi connectivity index (χ0v) is 51.0. The minimum absolute atomic E-state index is 0.0600. The molecular formula is C60H98O28. The van der Waals surface area contributed by atoms with Gasteiger partial charge in [0, 0.05) is 5.41 Å². The second-order valence-electron chi connectivity index (χ2n) is 28.9. The predicted molar refractivity (Wildman–Crippen MR) is 295 cm³/mol. The van der Waals surface area contributed by atoms with E-state index in [0.717, 1.165) is 12.0 Å². The monoisotopic (exact) mass is 1270 g/mol. The molecule has 28 heteroatoms. The molecule has 0 unspecified atom stereocenters. The van der Waals surface area contributed by atoms with Crippen molar-refractivity contribution in [3.8, 4) is 0 Å². The van der Waals surface area contributed by atoms with Crippen LogP contribution in [-0.2, 0) is 52.2 Å². The van der Waals surface area contributed by atoms with Crippen molar-refractivity contribution in [2.75, 3.05) is 33.0 Å². The third kappa shape index (κ3) is 11.5. The quantitative estimate of drug-likeness (QED) is 0.0420. The summed E-state index contributed by atoms with van der Waals surface area (Å²) >= 11 is 0. The van der Waals surface area contributed by atoms with Crippen LogP contribution in [0.5, 0.6) is 0 Å². The minimum Gasteiger partial charge on any atom is -0.432 e. The lowest BCUT2D eigenvalue weighted by molar-refractivity contribution is -0.379. The number of ether oxygens (including phenoxy) is 10. The normalized spacial score (nSPS) is 54.6. The van der Waals surface area contributed by atoms with E-state index < -0.39 is 214 Å². The Morgan fingerprint density at radius 3 is 1.67 bits per heavy atom. The maximum atomic E-state index is 15.3. The Balaban J connectivity index is 0.841. The fraction of sp³-hybridized carbons (Fsp3) is 0.950. The highest BCUT2D eigenvalue weighted by molar-refractivity contribution is 5.79. The van der Waals surface area contributed by atoms with Gasteiger partial charge >= 0.3 is 5.97 Å². The van der Waals surface area contributed by atoms with E-state index in [-0.39, 0.29) is 35.2 Å². The Kier molecular flexibility index (Phi) is 20.2. The second kappa shape index (κ2) is 25.7. The van der Waals surface area contributed by atoms with Crippen LogP contribution in [0, 0.1) is 50.2 Å². The summed E-state index contributed by atoms with van der Waals surface area (Å²) in [7, 11) is 0. The van der Waals surface area contributed by atoms with Crippen molar-refractivity contribution in [2.24, 2.45) is 50.2 Å². The van der Waals surface area contributed by atoms with Crippen molar-refractivity contribution in [2.45, 2.75) is 272 Å². The third-order valence-electron chi connectivity index (χ3n) is 23.6. The van der Waals surface area contributed by atoms with Gasteiger partial charge in [0.1, 0.15) is 116 Å². The molecule has 0 aromatic carbocycles. The Bertz CT molecular complexity index is 2440. The molecule has 28 nitrogen and oxygen atoms in total. The molecule has 5 saturated heterocycles. The van der Waals surface area contributed by atoms with Crippen molar-refractivity contribution >= 4 is 5.97 Å². The molecule has 88 heavy (non-hydrogen) atoms. The molecule has 17 N–H and O–H groups in total. The zero-order chi connectivity index (χ0) is 64.3. The van der Waals surface area contributed by atoms with Gasteiger partial charge in [-0.3, -0.25) is 4.79 Å². The molecule has 0 aromatic rings. The highest BCUT2D eigenvalue weighted by atomic mass is 16.8. The van der Waals surface area contributed by atoms with Crippen LogP contribution in [0.3, 0.4) is 0 Å². The van der Waals surface area contributed by atoms with E-state index in [1.54, 1.807) is 0 Å². The minimum atomic E-state index is -1.92. The van der Waals surface area contributed by atoms with Crippen molar-refractivity contribution in [1.29, 1.82) is 0 Å². The molecular weight excluding hydrogens is 1170 g/mol. The van der Waals surface area contributed by atoms with E-state index in [1.165, 1.54) is 6.92 Å². The summed E-state index contributed by atoms with van der Waals surface area (Å²) in [5.74, 6) is -1.06. The summed E-state index contributed by atoms with van der Waals surface area (Å²) in [6.45, 7) is 11.4. The molecule has 506 valence electrons. The summed E-state index contributed by atoms with van der Waals surface area (Å²) in [5, 5.41) is 183. The molecule has 0 aromatic heterocycles. The lowest BCUT2D eigenvalue weighted by Gasteiger charge is -2.71. The van der Waals surface area contributed by atoms with Gasteiger partial charge in [0.2, 0.25) is 6.29 Å². The molecule has 5 aliphatic heterocycles. The highest BCUT2D eigenvalue weighted by Crippen LogP contribution is 2.76. The van der Waals surface area contributed by atoms with Crippen molar-refractivity contribution < 1.29 is 139 Å². The largest absolute Gasteiger partial charge is 0.432 e. The lowest BCUT2D eigenvalue weighted by Crippen LogP contribution is -2.68. The number of hydrogen-bond donors (Lipinski definition) is 17. The first-order valence-electron chi connectivity index (χ1n) is 31.4. The molecule has 0 spiro atoms. The number of aliphatic hydroxyl groups excluding tert-OH is 17. The zero-order valence-electron chi connectivity index (χ0n) is 51.0. The second-order valence-corrected chi connectivity index (χ2v) is 28.9. The maximum Gasteiger partial charge on any atom is 0.315 e. The average molecular weight is 1270 g/mol. The fourth-order valence-corrected chi connectivity index (χ4v) is 17.9. The van der Waals surface area contributed by atoms with Crippen LogP contribution in [0.4, 0.5) is 0 Å². The van der Waals surface area contributed by atoms with Crippen LogP contribution in [0.1, 0.15) is 113 Å². The van der Waals surface area contributed by atoms with E-state index in [2.05, 4.69) is 40.7 Å². The van der Waals surface area contributed by atoms with E-state index in [1.807, 2.05) is 6.92 Å². The molecule has 34 atom stereocenters. The number of hydrogen-bond acceptors (Lipinski definition) is 28. The van der Waals surface area contributed by atoms with E-state index in [9.17, 15) is 86.8 Å². The summed E-state index contributed by atoms with van der Waals surface area (Å²) in [4.78, 5) is 15.3. The van der Waals surface area contributed by atoms with Gasteiger partial charge in [-0.05, 0) is 111 Å². The van der Waals surface area contributed by atoms with Crippen LogP contribution in [0.25, 0.3) is 0 Å². The standard InChI is InChI=1S/C60H98O28/c1-24-34(65)38(69)43(74)50(80-24)86-47-29(21-63)83-49(46(77)42(47)73)79-22-30-37(68)40(71)45(76)52(84-30)88-54(78)60-16-14-55(2,3)18-26(60)25-8-9-32-56(4)12-11-33(57(5,23-64)31(56)10-13-59(32,7)58(25,6)15-17-60)85-53-48(41(72)36(67)28(20-62)82-53)87-51-44(75)39(70)35(66)27(19-61)81-51/h8,24,26-53,61-77H,9-23H2,1-7H3/t24-,26-,27+,28+,29+,30+,31+,32+,33-,34-,35+,36+,37+,38+,39-,40-,41-,42+,43+,44+,45+,46+,47+,48+,49+,50-,51-,52-,53-,56-,57-,58+,59+,60-/m0/s1. The summed E-state index contributed by atoms with van der Waals surface area (Å²) in [6.07, 6.45) is -34.1. The van der Waals surface area contributed by atoms with Crippen LogP contribution >= 0.6 is 0 Å². The molecule has 0 radical (unpaired) electrons. The fourth-order valence-electron chi connectivity index (χ4n) is 17.9. The summed E-state index contributed by atoms with van der Waals surface area (Å²) in [5.41, 5.74) is -2.30. The predicted octanol–water partition coefficient (Wildman–Crippen LogP) is -4.21. The molecule has 0 amide bonds. The van der Waals surface area contributed by atoms with Gasteiger partial charge in [-0.15, -0.1) is 0 Å². The van der Waals surface area contributed by atoms with Crippen LogP contribution < -0.4 is 0 Å². The molecule has 10 rings (SSSR count). The van der Waals surface area contributed by atoms with Gasteiger partial charge in [-0.25, -0.2) is 0 Å². The van der Waals surface area contributed by atoms with Gasteiger partial charge in [-0.2, -0.15) is 0 Å². The number of esters is 1. The Hall–Kier alpha value is -1.83. The van der Waals surface area contributed by atoms with E-state index in [4.69, 9.17) is 47.4 Å². The van der Waals surface area contributed by atoms with E-state index >= 15 is 4.79 Å². The molecule has 0 bridgehead atoms. The Labute approximate surface area is 510 Å². The first kappa shape index (κ1) is 69.0. The van der Waals surface area contributed by atoms with Gasteiger partial charge in [0.25, 0.3) is 0 Å². The lowest BCUT2D eigenvalue weighted by atomic mass is 9.33. The number of rotatable bonds is 15. The summed E-state index contributed by atoms with van der Waals surface area (Å²) in [6, 6.07) is 0. The topological polar surface area (TPSA) is 453 Å². The first-order valence-corrected chi connectivity index (χ1v) is 31.4. The smallest absolute Gasteiger partial charge is 0.315 e. The third-order valence-corrected chi connectivity index (χ3v) is 23.6. The number of carbonyl (C=O) groups excluding carboxylic acids is 1. The highest BCUT2D eigenvalue weighted by Gasteiger charge is 2.71. The van der Waals surface area contributed by atoms with Gasteiger partial charge in [0.05, 0.1) is 50.7 Å². The molecule has 5 aliphatic carbocycles. The molecule has 10 aliphatic rings. The van der Waals surface area contributed by atoms with Gasteiger partial charge < -0.3 is 134 Å². The molecule has 9 fully saturated rings. The van der Waals surface area contributed by atoms with Crippen LogP contribution in [0.2, 0.25) is 0 Å². The first-order chi connectivity index (χ1) is 41.3. The number of carbonyl (C=O) groups is 1.